The number of aryl methyl sites for hydroxylation is 1. The van der Waals surface area contributed by atoms with Crippen LogP contribution in [0.5, 0.6) is 0 Å². The molecule has 0 unspecified atom stereocenters. The summed E-state index contributed by atoms with van der Waals surface area (Å²) in [6.07, 6.45) is 5.08. The lowest BCUT2D eigenvalue weighted by Gasteiger charge is -2.21. The van der Waals surface area contributed by atoms with Crippen LogP contribution in [0.2, 0.25) is 5.02 Å². The van der Waals surface area contributed by atoms with Crippen molar-refractivity contribution in [2.24, 2.45) is 5.16 Å². The third-order valence-corrected chi connectivity index (χ3v) is 5.98. The molecule has 138 valence electrons. The maximum atomic E-state index is 11.9. The Kier molecular flexibility index (Phi) is 6.27. The van der Waals surface area contributed by atoms with Gasteiger partial charge >= 0.3 is 6.09 Å². The highest BCUT2D eigenvalue weighted by Crippen LogP contribution is 2.29. The summed E-state index contributed by atoms with van der Waals surface area (Å²) in [6.45, 7) is 3.74. The van der Waals surface area contributed by atoms with E-state index in [1.54, 1.807) is 0 Å². The number of carbonyl (C=O) groups excluding carboxylic acids is 1. The zero-order valence-corrected chi connectivity index (χ0v) is 16.5. The molecule has 2 aromatic rings. The first-order valence-electron chi connectivity index (χ1n) is 8.79. The minimum absolute atomic E-state index is 0.202. The van der Waals surface area contributed by atoms with Crippen LogP contribution in [-0.4, -0.2) is 22.8 Å². The summed E-state index contributed by atoms with van der Waals surface area (Å²) in [4.78, 5) is 22.5. The Bertz CT molecular complexity index is 796. The molecule has 5 nitrogen and oxygen atoms in total. The van der Waals surface area contributed by atoms with Crippen molar-refractivity contribution < 1.29 is 9.63 Å². The molecule has 0 atom stereocenters. The van der Waals surface area contributed by atoms with Crippen LogP contribution in [0.1, 0.15) is 49.6 Å². The van der Waals surface area contributed by atoms with Gasteiger partial charge in [0, 0.05) is 16.6 Å². The molecule has 26 heavy (non-hydrogen) atoms. The van der Waals surface area contributed by atoms with E-state index in [0.29, 0.717) is 10.7 Å². The minimum Gasteiger partial charge on any atom is -0.317 e. The van der Waals surface area contributed by atoms with Crippen molar-refractivity contribution in [3.8, 4) is 10.6 Å². The van der Waals surface area contributed by atoms with Crippen LogP contribution >= 0.6 is 22.9 Å². The van der Waals surface area contributed by atoms with Crippen LogP contribution in [0.15, 0.2) is 29.4 Å². The van der Waals surface area contributed by atoms with Crippen LogP contribution < -0.4 is 5.32 Å². The van der Waals surface area contributed by atoms with E-state index in [2.05, 4.69) is 15.5 Å². The number of aromatic nitrogens is 1. The van der Waals surface area contributed by atoms with Gasteiger partial charge in [0.25, 0.3) is 0 Å². The Hall–Kier alpha value is -1.92. The Morgan fingerprint density at radius 3 is 2.65 bits per heavy atom. The highest BCUT2D eigenvalue weighted by atomic mass is 35.5. The molecular weight excluding hydrogens is 370 g/mol. The Balaban J connectivity index is 1.65. The number of nitrogens with one attached hydrogen (secondary N) is 1. The average Bonchev–Trinajstić information content (AvgIpc) is 3.03. The summed E-state index contributed by atoms with van der Waals surface area (Å²) in [7, 11) is 0. The van der Waals surface area contributed by atoms with Gasteiger partial charge in [0.2, 0.25) is 0 Å². The Labute approximate surface area is 162 Å². The van der Waals surface area contributed by atoms with Crippen LogP contribution in [0, 0.1) is 6.92 Å². The number of hydrogen-bond donors (Lipinski definition) is 1. The van der Waals surface area contributed by atoms with Crippen LogP contribution in [-0.2, 0) is 4.84 Å². The molecular formula is C19H22ClN3O2S. The Morgan fingerprint density at radius 2 is 1.96 bits per heavy atom. The highest BCUT2D eigenvalue weighted by molar-refractivity contribution is 7.17. The predicted octanol–water partition coefficient (Wildman–Crippen LogP) is 5.55. The van der Waals surface area contributed by atoms with E-state index in [9.17, 15) is 4.79 Å². The van der Waals surface area contributed by atoms with E-state index in [4.69, 9.17) is 16.4 Å². The predicted molar refractivity (Wildman–Crippen MR) is 106 cm³/mol. The number of rotatable bonds is 4. The molecule has 0 aliphatic heterocycles. The van der Waals surface area contributed by atoms with Gasteiger partial charge in [-0.15, -0.1) is 11.3 Å². The molecule has 0 saturated heterocycles. The lowest BCUT2D eigenvalue weighted by molar-refractivity contribution is 0.143. The van der Waals surface area contributed by atoms with E-state index in [1.165, 1.54) is 17.8 Å². The highest BCUT2D eigenvalue weighted by Gasteiger charge is 2.17. The molecule has 1 saturated carbocycles. The minimum atomic E-state index is -0.489. The van der Waals surface area contributed by atoms with Crippen molar-refractivity contribution in [3.63, 3.8) is 0 Å². The van der Waals surface area contributed by atoms with Gasteiger partial charge in [0.1, 0.15) is 5.01 Å². The first-order valence-corrected chi connectivity index (χ1v) is 9.98. The molecule has 1 aromatic carbocycles. The third-order valence-electron chi connectivity index (χ3n) is 4.41. The van der Waals surface area contributed by atoms with Crippen molar-refractivity contribution in [2.45, 2.75) is 52.0 Å². The molecule has 3 rings (SSSR count). The quantitative estimate of drug-likeness (QED) is 0.422. The Morgan fingerprint density at radius 1 is 1.27 bits per heavy atom. The molecule has 7 heteroatoms. The SMILES string of the molecule is CC(=NOC(=O)NC1CCCCC1)c1sc(-c2ccc(Cl)cc2)nc1C. The fraction of sp³-hybridized carbons (Fsp3) is 0.421. The molecule has 1 amide bonds. The van der Waals surface area contributed by atoms with Crippen LogP contribution in [0.25, 0.3) is 10.6 Å². The van der Waals surface area contributed by atoms with Gasteiger partial charge < -0.3 is 5.32 Å². The maximum absolute atomic E-state index is 11.9. The third kappa shape index (κ3) is 4.83. The number of halogens is 1. The summed E-state index contributed by atoms with van der Waals surface area (Å²) >= 11 is 7.45. The smallest absolute Gasteiger partial charge is 0.317 e. The van der Waals surface area contributed by atoms with Gasteiger partial charge in [-0.2, -0.15) is 0 Å². The van der Waals surface area contributed by atoms with Crippen molar-refractivity contribution in [3.05, 3.63) is 39.9 Å². The van der Waals surface area contributed by atoms with Crippen LogP contribution in [0.3, 0.4) is 0 Å². The van der Waals surface area contributed by atoms with E-state index in [0.717, 1.165) is 46.8 Å². The summed E-state index contributed by atoms with van der Waals surface area (Å²) in [6, 6.07) is 7.75. The molecule has 1 aromatic heterocycles. The lowest BCUT2D eigenvalue weighted by atomic mass is 9.96. The number of hydrogen-bond acceptors (Lipinski definition) is 5. The monoisotopic (exact) mass is 391 g/mol. The number of benzene rings is 1. The standard InChI is InChI=1S/C19H22ClN3O2S/c1-12-17(26-18(21-12)14-8-10-15(20)11-9-14)13(2)23-25-19(24)22-16-6-4-3-5-7-16/h8-11,16H,3-7H2,1-2H3,(H,22,24). The van der Waals surface area contributed by atoms with Gasteiger partial charge in [-0.3, -0.25) is 4.84 Å². The number of oxime groups is 1. The second kappa shape index (κ2) is 8.64. The number of amides is 1. The molecule has 1 fully saturated rings. The number of carbonyl (C=O) groups is 1. The molecule has 1 aliphatic rings. The maximum Gasteiger partial charge on any atom is 0.433 e. The van der Waals surface area contributed by atoms with Crippen molar-refractivity contribution >= 4 is 34.7 Å². The molecule has 1 N–H and O–H groups in total. The zero-order valence-electron chi connectivity index (χ0n) is 14.9. The summed E-state index contributed by atoms with van der Waals surface area (Å²) in [5.74, 6) is 0. The van der Waals surface area contributed by atoms with Gasteiger partial charge in [0.05, 0.1) is 16.3 Å². The van der Waals surface area contributed by atoms with E-state index in [-0.39, 0.29) is 6.04 Å². The normalized spacial score (nSPS) is 15.7. The second-order valence-corrected chi connectivity index (χ2v) is 7.91. The fourth-order valence-electron chi connectivity index (χ4n) is 3.04. The van der Waals surface area contributed by atoms with E-state index in [1.807, 2.05) is 38.1 Å². The van der Waals surface area contributed by atoms with Crippen LogP contribution in [0.4, 0.5) is 4.79 Å². The number of nitrogens with zero attached hydrogens (tertiary/aromatic N) is 2. The van der Waals surface area contributed by atoms with Gasteiger partial charge in [-0.25, -0.2) is 9.78 Å². The molecule has 0 radical (unpaired) electrons. The summed E-state index contributed by atoms with van der Waals surface area (Å²) in [5.41, 5.74) is 2.49. The van der Waals surface area contributed by atoms with Gasteiger partial charge in [-0.1, -0.05) is 48.2 Å². The zero-order chi connectivity index (χ0) is 18.5. The van der Waals surface area contributed by atoms with Crippen molar-refractivity contribution in [2.75, 3.05) is 0 Å². The summed E-state index contributed by atoms with van der Waals surface area (Å²) < 4.78 is 0. The molecule has 1 aliphatic carbocycles. The van der Waals surface area contributed by atoms with Crippen molar-refractivity contribution in [1.29, 1.82) is 0 Å². The molecule has 1 heterocycles. The molecule has 0 bridgehead atoms. The topological polar surface area (TPSA) is 63.6 Å². The van der Waals surface area contributed by atoms with Gasteiger partial charge in [-0.05, 0) is 38.8 Å². The summed E-state index contributed by atoms with van der Waals surface area (Å²) in [5, 5.41) is 8.46. The lowest BCUT2D eigenvalue weighted by Crippen LogP contribution is -2.35. The molecule has 0 spiro atoms. The number of thiazole rings is 1. The van der Waals surface area contributed by atoms with E-state index < -0.39 is 6.09 Å². The second-order valence-electron chi connectivity index (χ2n) is 6.48. The van der Waals surface area contributed by atoms with Crippen molar-refractivity contribution in [1.82, 2.24) is 10.3 Å². The largest absolute Gasteiger partial charge is 0.433 e. The van der Waals surface area contributed by atoms with E-state index >= 15 is 0 Å². The first kappa shape index (κ1) is 18.9. The first-order chi connectivity index (χ1) is 12.5. The van der Waals surface area contributed by atoms with Gasteiger partial charge in [0.15, 0.2) is 0 Å². The average molecular weight is 392 g/mol. The fourth-order valence-corrected chi connectivity index (χ4v) is 4.17.